The zero-order valence-electron chi connectivity index (χ0n) is 8.87. The van der Waals surface area contributed by atoms with Crippen LogP contribution in [-0.4, -0.2) is 31.0 Å². The lowest BCUT2D eigenvalue weighted by molar-refractivity contribution is -0.117. The Morgan fingerprint density at radius 3 is 2.88 bits per heavy atom. The van der Waals surface area contributed by atoms with Crippen LogP contribution in [0.4, 0.5) is 0 Å². The molecule has 0 radical (unpaired) electrons. The molecule has 0 amide bonds. The average Bonchev–Trinajstić information content (AvgIpc) is 2.65. The van der Waals surface area contributed by atoms with Crippen molar-refractivity contribution < 1.29 is 4.79 Å². The molecule has 2 heterocycles. The van der Waals surface area contributed by atoms with E-state index in [-0.39, 0.29) is 12.2 Å². The van der Waals surface area contributed by atoms with E-state index in [1.165, 1.54) is 4.80 Å². The minimum Gasteiger partial charge on any atom is -0.299 e. The first kappa shape index (κ1) is 10.4. The van der Waals surface area contributed by atoms with Crippen LogP contribution in [0.25, 0.3) is 0 Å². The second kappa shape index (κ2) is 4.61. The lowest BCUT2D eigenvalue weighted by Crippen LogP contribution is -2.09. The number of carbonyl (C=O) groups is 1. The Kier molecular flexibility index (Phi) is 3.00. The molecule has 6 heteroatoms. The molecule has 0 saturated heterocycles. The predicted octanol–water partition coefficient (Wildman–Crippen LogP) is -0.0406. The van der Waals surface area contributed by atoms with Gasteiger partial charge in [-0.25, -0.2) is 0 Å². The smallest absolute Gasteiger partial charge is 0.182 e. The van der Waals surface area contributed by atoms with Crippen LogP contribution in [0.5, 0.6) is 0 Å². The van der Waals surface area contributed by atoms with Crippen LogP contribution >= 0.6 is 0 Å². The Hall–Kier alpha value is -2.11. The average molecular weight is 217 g/mol. The second-order valence-corrected chi connectivity index (χ2v) is 3.41. The summed E-state index contributed by atoms with van der Waals surface area (Å²) in [6.07, 6.45) is 2.17. The summed E-state index contributed by atoms with van der Waals surface area (Å²) in [4.78, 5) is 17.1. The summed E-state index contributed by atoms with van der Waals surface area (Å²) in [5.41, 5.74) is 0.761. The van der Waals surface area contributed by atoms with Crippen molar-refractivity contribution in [1.82, 2.24) is 25.2 Å². The minimum absolute atomic E-state index is 0.0340. The molecule has 0 aliphatic rings. The quantitative estimate of drug-likeness (QED) is 0.718. The molecule has 0 aliphatic heterocycles. The predicted molar refractivity (Wildman–Crippen MR) is 55.5 cm³/mol. The number of hydrogen-bond donors (Lipinski definition) is 0. The maximum atomic E-state index is 11.6. The number of Topliss-reactive ketones (excluding diaryl/α,β-unsaturated/α-hetero) is 1. The maximum Gasteiger partial charge on any atom is 0.182 e. The molecule has 0 aliphatic carbocycles. The van der Waals surface area contributed by atoms with E-state index in [2.05, 4.69) is 20.4 Å². The number of carbonyl (C=O) groups excluding carboxylic acids is 1. The number of nitrogens with zero attached hydrogens (tertiary/aromatic N) is 5. The second-order valence-electron chi connectivity index (χ2n) is 3.41. The Labute approximate surface area is 92.3 Å². The van der Waals surface area contributed by atoms with Gasteiger partial charge in [0, 0.05) is 18.3 Å². The number of ketones is 1. The van der Waals surface area contributed by atoms with E-state index in [4.69, 9.17) is 0 Å². The van der Waals surface area contributed by atoms with E-state index < -0.39 is 0 Å². The Bertz CT molecular complexity index is 479. The molecule has 82 valence electrons. The van der Waals surface area contributed by atoms with Crippen LogP contribution in [0.15, 0.2) is 24.4 Å². The molecule has 2 aromatic heterocycles. The summed E-state index contributed by atoms with van der Waals surface area (Å²) >= 11 is 0. The van der Waals surface area contributed by atoms with Crippen molar-refractivity contribution in [3.63, 3.8) is 0 Å². The highest BCUT2D eigenvalue weighted by Gasteiger charge is 2.09. The summed E-state index contributed by atoms with van der Waals surface area (Å²) < 4.78 is 0. The summed E-state index contributed by atoms with van der Waals surface area (Å²) in [6, 6.07) is 5.50. The summed E-state index contributed by atoms with van der Waals surface area (Å²) in [5, 5.41) is 11.4. The highest BCUT2D eigenvalue weighted by molar-refractivity contribution is 5.81. The molecular weight excluding hydrogens is 206 g/mol. The lowest BCUT2D eigenvalue weighted by atomic mass is 10.1. The zero-order chi connectivity index (χ0) is 11.4. The number of aryl methyl sites for hydroxylation is 1. The normalized spacial score (nSPS) is 10.3. The monoisotopic (exact) mass is 217 g/mol. The van der Waals surface area contributed by atoms with E-state index in [9.17, 15) is 4.79 Å². The topological polar surface area (TPSA) is 73.6 Å². The zero-order valence-corrected chi connectivity index (χ0v) is 8.87. The number of rotatable bonds is 4. The molecular formula is C10H11N5O. The van der Waals surface area contributed by atoms with Gasteiger partial charge in [0.05, 0.1) is 13.5 Å². The van der Waals surface area contributed by atoms with Gasteiger partial charge in [0.1, 0.15) is 5.78 Å². The molecule has 16 heavy (non-hydrogen) atoms. The van der Waals surface area contributed by atoms with Crippen LogP contribution in [0, 0.1) is 0 Å². The van der Waals surface area contributed by atoms with Crippen molar-refractivity contribution in [1.29, 1.82) is 0 Å². The van der Waals surface area contributed by atoms with Crippen LogP contribution in [0.3, 0.4) is 0 Å². The van der Waals surface area contributed by atoms with Gasteiger partial charge in [-0.1, -0.05) is 6.07 Å². The third-order valence-corrected chi connectivity index (χ3v) is 2.01. The van der Waals surface area contributed by atoms with Gasteiger partial charge >= 0.3 is 0 Å². The van der Waals surface area contributed by atoms with Gasteiger partial charge in [-0.2, -0.15) is 4.80 Å². The molecule has 0 spiro atoms. The molecule has 2 aromatic rings. The summed E-state index contributed by atoms with van der Waals surface area (Å²) in [5.74, 6) is 0.482. The van der Waals surface area contributed by atoms with Crippen molar-refractivity contribution in [3.8, 4) is 0 Å². The summed E-state index contributed by atoms with van der Waals surface area (Å²) in [7, 11) is 1.67. The Morgan fingerprint density at radius 1 is 1.38 bits per heavy atom. The first-order valence-electron chi connectivity index (χ1n) is 4.88. The summed E-state index contributed by atoms with van der Waals surface area (Å²) in [6.45, 7) is 0. The standard InChI is InChI=1S/C10H11N5O/c1-15-13-10(12-14-15)7-9(16)6-8-4-2-3-5-11-8/h2-5H,6-7H2,1H3. The molecule has 0 saturated carbocycles. The SMILES string of the molecule is Cn1nnc(CC(=O)Cc2ccccn2)n1. The molecule has 0 N–H and O–H groups in total. The van der Waals surface area contributed by atoms with Crippen LogP contribution < -0.4 is 0 Å². The van der Waals surface area contributed by atoms with Crippen molar-refractivity contribution in [2.45, 2.75) is 12.8 Å². The van der Waals surface area contributed by atoms with E-state index in [1.807, 2.05) is 18.2 Å². The minimum atomic E-state index is 0.0340. The first-order valence-corrected chi connectivity index (χ1v) is 4.88. The van der Waals surface area contributed by atoms with Gasteiger partial charge in [-0.3, -0.25) is 9.78 Å². The van der Waals surface area contributed by atoms with Gasteiger partial charge in [-0.05, 0) is 17.3 Å². The maximum absolute atomic E-state index is 11.6. The van der Waals surface area contributed by atoms with Gasteiger partial charge in [0.15, 0.2) is 5.82 Å². The number of pyridine rings is 1. The van der Waals surface area contributed by atoms with E-state index in [0.29, 0.717) is 12.2 Å². The highest BCUT2D eigenvalue weighted by atomic mass is 16.1. The van der Waals surface area contributed by atoms with Gasteiger partial charge in [0.25, 0.3) is 0 Å². The Morgan fingerprint density at radius 2 is 2.25 bits per heavy atom. The van der Waals surface area contributed by atoms with E-state index in [0.717, 1.165) is 5.69 Å². The van der Waals surface area contributed by atoms with Gasteiger partial charge < -0.3 is 0 Å². The molecule has 0 atom stereocenters. The molecule has 6 nitrogen and oxygen atoms in total. The van der Waals surface area contributed by atoms with E-state index in [1.54, 1.807) is 13.2 Å². The fraction of sp³-hybridized carbons (Fsp3) is 0.300. The van der Waals surface area contributed by atoms with Crippen molar-refractivity contribution in [3.05, 3.63) is 35.9 Å². The molecule has 0 unspecified atom stereocenters. The molecule has 2 rings (SSSR count). The van der Waals surface area contributed by atoms with Crippen molar-refractivity contribution in [2.24, 2.45) is 7.05 Å². The molecule has 0 bridgehead atoms. The fourth-order valence-corrected chi connectivity index (χ4v) is 1.34. The number of tetrazole rings is 1. The van der Waals surface area contributed by atoms with E-state index >= 15 is 0 Å². The van der Waals surface area contributed by atoms with Crippen molar-refractivity contribution in [2.75, 3.05) is 0 Å². The lowest BCUT2D eigenvalue weighted by Gasteiger charge is -1.96. The number of aromatic nitrogens is 5. The highest BCUT2D eigenvalue weighted by Crippen LogP contribution is 1.98. The van der Waals surface area contributed by atoms with Crippen LogP contribution in [0.1, 0.15) is 11.5 Å². The number of hydrogen-bond acceptors (Lipinski definition) is 5. The first-order chi connectivity index (χ1) is 7.74. The fourth-order valence-electron chi connectivity index (χ4n) is 1.34. The van der Waals surface area contributed by atoms with Crippen LogP contribution in [0.2, 0.25) is 0 Å². The molecule has 0 fully saturated rings. The largest absolute Gasteiger partial charge is 0.299 e. The van der Waals surface area contributed by atoms with Gasteiger partial charge in [-0.15, -0.1) is 10.2 Å². The van der Waals surface area contributed by atoms with Gasteiger partial charge in [0.2, 0.25) is 0 Å². The Balaban J connectivity index is 1.95. The van der Waals surface area contributed by atoms with Crippen LogP contribution in [-0.2, 0) is 24.7 Å². The third kappa shape index (κ3) is 2.69. The van der Waals surface area contributed by atoms with Crippen molar-refractivity contribution >= 4 is 5.78 Å². The third-order valence-electron chi connectivity index (χ3n) is 2.01. The molecule has 0 aromatic carbocycles.